The van der Waals surface area contributed by atoms with Gasteiger partial charge in [-0.2, -0.15) is 0 Å². The quantitative estimate of drug-likeness (QED) is 0.572. The SMILES string of the molecule is CC(C)S(=O)(=O)CCCCCCCCc1ccc2ccccc2n1. The molecule has 0 aliphatic carbocycles. The topological polar surface area (TPSA) is 47.0 Å². The third kappa shape index (κ3) is 5.90. The zero-order chi connectivity index (χ0) is 17.4. The van der Waals surface area contributed by atoms with E-state index in [-0.39, 0.29) is 5.25 Å². The molecule has 1 aromatic carbocycles. The molecule has 2 aromatic rings. The lowest BCUT2D eigenvalue weighted by Gasteiger charge is -2.07. The van der Waals surface area contributed by atoms with Crippen molar-refractivity contribution in [1.82, 2.24) is 4.98 Å². The first kappa shape index (κ1) is 18.9. The number of unbranched alkanes of at least 4 members (excludes halogenated alkanes) is 5. The van der Waals surface area contributed by atoms with Gasteiger partial charge in [-0.3, -0.25) is 4.98 Å². The molecule has 2 rings (SSSR count). The normalized spacial score (nSPS) is 12.1. The van der Waals surface area contributed by atoms with Crippen LogP contribution in [0.2, 0.25) is 0 Å². The van der Waals surface area contributed by atoms with Gasteiger partial charge in [0.1, 0.15) is 0 Å². The highest BCUT2D eigenvalue weighted by molar-refractivity contribution is 7.91. The second-order valence-electron chi connectivity index (χ2n) is 6.78. The highest BCUT2D eigenvalue weighted by atomic mass is 32.2. The maximum atomic E-state index is 11.7. The van der Waals surface area contributed by atoms with E-state index < -0.39 is 9.84 Å². The van der Waals surface area contributed by atoms with E-state index in [2.05, 4.69) is 24.3 Å². The summed E-state index contributed by atoms with van der Waals surface area (Å²) in [5.74, 6) is 0.339. The van der Waals surface area contributed by atoms with Crippen LogP contribution in [0.3, 0.4) is 0 Å². The maximum absolute atomic E-state index is 11.7. The van der Waals surface area contributed by atoms with Crippen molar-refractivity contribution in [2.75, 3.05) is 5.75 Å². The minimum absolute atomic E-state index is 0.244. The summed E-state index contributed by atoms with van der Waals surface area (Å²) in [6.07, 6.45) is 7.47. The number of sulfone groups is 1. The van der Waals surface area contributed by atoms with Crippen LogP contribution in [0.25, 0.3) is 10.9 Å². The molecule has 1 heterocycles. The molecule has 0 amide bonds. The Hall–Kier alpha value is -1.42. The third-order valence-electron chi connectivity index (χ3n) is 4.49. The fraction of sp³-hybridized carbons (Fsp3) is 0.550. The molecule has 0 saturated heterocycles. The zero-order valence-electron chi connectivity index (χ0n) is 14.9. The molecule has 4 heteroatoms. The Bertz CT molecular complexity index is 738. The number of fused-ring (bicyclic) bond motifs is 1. The summed E-state index contributed by atoms with van der Waals surface area (Å²) in [6, 6.07) is 12.5. The summed E-state index contributed by atoms with van der Waals surface area (Å²) in [4.78, 5) is 4.70. The Morgan fingerprint density at radius 1 is 0.875 bits per heavy atom. The standard InChI is InChI=1S/C20H29NO2S/c1-17(2)24(22,23)16-10-6-4-3-5-7-12-19-15-14-18-11-8-9-13-20(18)21-19/h8-9,11,13-15,17H,3-7,10,12,16H2,1-2H3. The monoisotopic (exact) mass is 347 g/mol. The van der Waals surface area contributed by atoms with Gasteiger partial charge in [-0.15, -0.1) is 0 Å². The van der Waals surface area contributed by atoms with E-state index in [1.54, 1.807) is 13.8 Å². The van der Waals surface area contributed by atoms with Crippen molar-refractivity contribution < 1.29 is 8.42 Å². The minimum atomic E-state index is -2.86. The number of para-hydroxylation sites is 1. The van der Waals surface area contributed by atoms with Crippen LogP contribution in [0.15, 0.2) is 36.4 Å². The van der Waals surface area contributed by atoms with Gasteiger partial charge in [0.2, 0.25) is 0 Å². The molecule has 0 aliphatic rings. The predicted molar refractivity (Wildman–Crippen MR) is 102 cm³/mol. The lowest BCUT2D eigenvalue weighted by Crippen LogP contribution is -2.17. The van der Waals surface area contributed by atoms with Crippen molar-refractivity contribution in [2.24, 2.45) is 0 Å². The Kier molecular flexibility index (Phi) is 7.22. The Labute approximate surface area is 146 Å². The van der Waals surface area contributed by atoms with Crippen LogP contribution in [0, 0.1) is 0 Å². The fourth-order valence-corrected chi connectivity index (χ4v) is 3.88. The summed E-state index contributed by atoms with van der Waals surface area (Å²) in [5.41, 5.74) is 2.23. The molecule has 0 unspecified atom stereocenters. The van der Waals surface area contributed by atoms with Crippen molar-refractivity contribution in [3.63, 3.8) is 0 Å². The van der Waals surface area contributed by atoms with Crippen LogP contribution in [0.1, 0.15) is 58.1 Å². The van der Waals surface area contributed by atoms with Crippen molar-refractivity contribution in [3.05, 3.63) is 42.1 Å². The van der Waals surface area contributed by atoms with Gasteiger partial charge in [0, 0.05) is 11.1 Å². The lowest BCUT2D eigenvalue weighted by atomic mass is 10.1. The van der Waals surface area contributed by atoms with Gasteiger partial charge < -0.3 is 0 Å². The second kappa shape index (κ2) is 9.16. The Balaban J connectivity index is 1.59. The molecule has 132 valence electrons. The summed E-state index contributed by atoms with van der Waals surface area (Å²) >= 11 is 0. The number of aryl methyl sites for hydroxylation is 1. The van der Waals surface area contributed by atoms with Gasteiger partial charge in [-0.25, -0.2) is 8.42 Å². The number of rotatable bonds is 10. The molecule has 1 aromatic heterocycles. The van der Waals surface area contributed by atoms with Gasteiger partial charge in [0.05, 0.1) is 16.5 Å². The van der Waals surface area contributed by atoms with E-state index in [1.165, 1.54) is 18.2 Å². The van der Waals surface area contributed by atoms with Crippen LogP contribution in [-0.2, 0) is 16.3 Å². The molecule has 0 bridgehead atoms. The Morgan fingerprint density at radius 2 is 1.54 bits per heavy atom. The lowest BCUT2D eigenvalue weighted by molar-refractivity contribution is 0.573. The van der Waals surface area contributed by atoms with Crippen LogP contribution in [0.5, 0.6) is 0 Å². The molecule has 0 spiro atoms. The summed E-state index contributed by atoms with van der Waals surface area (Å²) in [6.45, 7) is 3.52. The van der Waals surface area contributed by atoms with E-state index in [0.29, 0.717) is 5.75 Å². The van der Waals surface area contributed by atoms with Crippen LogP contribution in [-0.4, -0.2) is 24.4 Å². The summed E-state index contributed by atoms with van der Waals surface area (Å²) in [7, 11) is -2.86. The first-order valence-electron chi connectivity index (χ1n) is 9.05. The number of hydrogen-bond acceptors (Lipinski definition) is 3. The van der Waals surface area contributed by atoms with Crippen molar-refractivity contribution in [1.29, 1.82) is 0 Å². The first-order valence-corrected chi connectivity index (χ1v) is 10.8. The number of pyridine rings is 1. The average Bonchev–Trinajstić information content (AvgIpc) is 2.57. The van der Waals surface area contributed by atoms with Crippen molar-refractivity contribution >= 4 is 20.7 Å². The maximum Gasteiger partial charge on any atom is 0.152 e. The van der Waals surface area contributed by atoms with E-state index in [0.717, 1.165) is 43.3 Å². The van der Waals surface area contributed by atoms with E-state index >= 15 is 0 Å². The molecule has 0 aliphatic heterocycles. The molecular weight excluding hydrogens is 318 g/mol. The molecule has 24 heavy (non-hydrogen) atoms. The molecule has 0 radical (unpaired) electrons. The molecular formula is C20H29NO2S. The van der Waals surface area contributed by atoms with E-state index in [9.17, 15) is 8.42 Å². The van der Waals surface area contributed by atoms with Crippen LogP contribution >= 0.6 is 0 Å². The van der Waals surface area contributed by atoms with Crippen LogP contribution < -0.4 is 0 Å². The molecule has 0 atom stereocenters. The second-order valence-corrected chi connectivity index (χ2v) is 9.46. The summed E-state index contributed by atoms with van der Waals surface area (Å²) in [5, 5.41) is 0.949. The molecule has 0 N–H and O–H groups in total. The van der Waals surface area contributed by atoms with Gasteiger partial charge in [-0.1, -0.05) is 49.9 Å². The molecule has 0 fully saturated rings. The van der Waals surface area contributed by atoms with Crippen molar-refractivity contribution in [3.8, 4) is 0 Å². The highest BCUT2D eigenvalue weighted by Gasteiger charge is 2.14. The van der Waals surface area contributed by atoms with E-state index in [4.69, 9.17) is 4.98 Å². The zero-order valence-corrected chi connectivity index (χ0v) is 15.7. The number of aromatic nitrogens is 1. The molecule has 0 saturated carbocycles. The van der Waals surface area contributed by atoms with Gasteiger partial charge in [-0.05, 0) is 45.2 Å². The largest absolute Gasteiger partial charge is 0.253 e. The third-order valence-corrected chi connectivity index (χ3v) is 6.78. The number of hydrogen-bond donors (Lipinski definition) is 0. The number of benzene rings is 1. The van der Waals surface area contributed by atoms with Crippen LogP contribution in [0.4, 0.5) is 0 Å². The minimum Gasteiger partial charge on any atom is -0.253 e. The number of nitrogens with zero attached hydrogens (tertiary/aromatic N) is 1. The first-order chi connectivity index (χ1) is 11.5. The highest BCUT2D eigenvalue weighted by Crippen LogP contribution is 2.14. The predicted octanol–water partition coefficient (Wildman–Crippen LogP) is 4.94. The van der Waals surface area contributed by atoms with Crippen molar-refractivity contribution in [2.45, 2.75) is 64.0 Å². The fourth-order valence-electron chi connectivity index (χ4n) is 2.80. The van der Waals surface area contributed by atoms with Gasteiger partial charge in [0.25, 0.3) is 0 Å². The molecule has 3 nitrogen and oxygen atoms in total. The van der Waals surface area contributed by atoms with Gasteiger partial charge >= 0.3 is 0 Å². The Morgan fingerprint density at radius 3 is 2.29 bits per heavy atom. The van der Waals surface area contributed by atoms with E-state index in [1.807, 2.05) is 12.1 Å². The van der Waals surface area contributed by atoms with Gasteiger partial charge in [0.15, 0.2) is 9.84 Å². The summed E-state index contributed by atoms with van der Waals surface area (Å²) < 4.78 is 23.4. The smallest absolute Gasteiger partial charge is 0.152 e. The average molecular weight is 348 g/mol.